The molecule has 0 bridgehead atoms. The largest absolute Gasteiger partial charge is 0.379 e. The SMILES string of the molecule is CCC(CC)(CCl)NS(=O)(=O)N1CCOCC1. The predicted molar refractivity (Wildman–Crippen MR) is 68.5 cm³/mol. The summed E-state index contributed by atoms with van der Waals surface area (Å²) in [4.78, 5) is 0. The van der Waals surface area contributed by atoms with Crippen LogP contribution in [0.3, 0.4) is 0 Å². The van der Waals surface area contributed by atoms with Crippen molar-refractivity contribution in [2.45, 2.75) is 32.2 Å². The molecule has 0 aromatic carbocycles. The van der Waals surface area contributed by atoms with E-state index in [4.69, 9.17) is 16.3 Å². The molecule has 0 saturated carbocycles. The molecule has 0 amide bonds. The van der Waals surface area contributed by atoms with E-state index in [1.165, 1.54) is 4.31 Å². The number of morpholine rings is 1. The van der Waals surface area contributed by atoms with Crippen molar-refractivity contribution < 1.29 is 13.2 Å². The van der Waals surface area contributed by atoms with E-state index in [1.807, 2.05) is 13.8 Å². The van der Waals surface area contributed by atoms with Gasteiger partial charge in [0.25, 0.3) is 10.2 Å². The average molecular weight is 285 g/mol. The first-order valence-electron chi connectivity index (χ1n) is 5.92. The van der Waals surface area contributed by atoms with Crippen LogP contribution in [0.1, 0.15) is 26.7 Å². The Morgan fingerprint density at radius 3 is 2.24 bits per heavy atom. The van der Waals surface area contributed by atoms with Crippen molar-refractivity contribution in [2.24, 2.45) is 0 Å². The second-order valence-corrected chi connectivity index (χ2v) is 6.18. The highest BCUT2D eigenvalue weighted by Gasteiger charge is 2.34. The Kier molecular flexibility index (Phi) is 5.66. The molecule has 0 aromatic rings. The lowest BCUT2D eigenvalue weighted by atomic mass is 9.97. The Labute approximate surface area is 109 Å². The second-order valence-electron chi connectivity index (χ2n) is 4.24. The van der Waals surface area contributed by atoms with Crippen LogP contribution in [0.2, 0.25) is 0 Å². The average Bonchev–Trinajstić information content (AvgIpc) is 2.37. The molecular formula is C10H21ClN2O3S. The van der Waals surface area contributed by atoms with Gasteiger partial charge in [0, 0.05) is 24.5 Å². The fourth-order valence-corrected chi connectivity index (χ4v) is 3.93. The summed E-state index contributed by atoms with van der Waals surface area (Å²) < 4.78 is 33.7. The topological polar surface area (TPSA) is 58.6 Å². The van der Waals surface area contributed by atoms with E-state index >= 15 is 0 Å². The van der Waals surface area contributed by atoms with Gasteiger partial charge in [0.1, 0.15) is 0 Å². The van der Waals surface area contributed by atoms with Crippen molar-refractivity contribution in [1.29, 1.82) is 0 Å². The highest BCUT2D eigenvalue weighted by molar-refractivity contribution is 7.87. The summed E-state index contributed by atoms with van der Waals surface area (Å²) in [7, 11) is -3.46. The molecule has 17 heavy (non-hydrogen) atoms. The molecule has 0 aromatic heterocycles. The Morgan fingerprint density at radius 2 is 1.82 bits per heavy atom. The molecule has 102 valence electrons. The third kappa shape index (κ3) is 3.79. The van der Waals surface area contributed by atoms with Crippen LogP contribution < -0.4 is 4.72 Å². The van der Waals surface area contributed by atoms with Gasteiger partial charge >= 0.3 is 0 Å². The van der Waals surface area contributed by atoms with Crippen molar-refractivity contribution in [1.82, 2.24) is 9.03 Å². The smallest absolute Gasteiger partial charge is 0.280 e. The highest BCUT2D eigenvalue weighted by atomic mass is 35.5. The van der Waals surface area contributed by atoms with Crippen molar-refractivity contribution in [2.75, 3.05) is 32.2 Å². The molecule has 0 atom stereocenters. The van der Waals surface area contributed by atoms with Gasteiger partial charge in [-0.3, -0.25) is 0 Å². The summed E-state index contributed by atoms with van der Waals surface area (Å²) in [6.45, 7) is 5.59. The summed E-state index contributed by atoms with van der Waals surface area (Å²) in [5.41, 5.74) is -0.543. The summed E-state index contributed by atoms with van der Waals surface area (Å²) in [6, 6.07) is 0. The first-order valence-corrected chi connectivity index (χ1v) is 7.90. The molecule has 1 fully saturated rings. The van der Waals surface area contributed by atoms with E-state index < -0.39 is 15.7 Å². The van der Waals surface area contributed by atoms with E-state index in [0.29, 0.717) is 39.1 Å². The number of halogens is 1. The molecule has 0 spiro atoms. The fourth-order valence-electron chi connectivity index (χ4n) is 1.74. The number of hydrogen-bond acceptors (Lipinski definition) is 3. The van der Waals surface area contributed by atoms with E-state index in [0.717, 1.165) is 0 Å². The van der Waals surface area contributed by atoms with E-state index in [2.05, 4.69) is 4.72 Å². The van der Waals surface area contributed by atoms with Gasteiger partial charge in [-0.05, 0) is 12.8 Å². The minimum atomic E-state index is -3.46. The minimum absolute atomic E-state index is 0.281. The van der Waals surface area contributed by atoms with Crippen LogP contribution in [0.4, 0.5) is 0 Å². The normalized spacial score (nSPS) is 19.5. The van der Waals surface area contributed by atoms with Crippen molar-refractivity contribution in [3.8, 4) is 0 Å². The summed E-state index contributed by atoms with van der Waals surface area (Å²) in [6.07, 6.45) is 1.35. The summed E-state index contributed by atoms with van der Waals surface area (Å²) >= 11 is 5.90. The number of hydrogen-bond donors (Lipinski definition) is 1. The molecule has 1 N–H and O–H groups in total. The first-order chi connectivity index (χ1) is 7.99. The lowest BCUT2D eigenvalue weighted by molar-refractivity contribution is 0.0719. The van der Waals surface area contributed by atoms with Crippen molar-refractivity contribution in [3.05, 3.63) is 0 Å². The molecule has 0 unspecified atom stereocenters. The first kappa shape index (κ1) is 15.2. The van der Waals surface area contributed by atoms with Gasteiger partial charge < -0.3 is 4.74 Å². The van der Waals surface area contributed by atoms with Crippen LogP contribution in [0, 0.1) is 0 Å². The van der Waals surface area contributed by atoms with E-state index in [-0.39, 0.29) is 5.88 Å². The predicted octanol–water partition coefficient (Wildman–Crippen LogP) is 0.951. The molecule has 1 saturated heterocycles. The maximum Gasteiger partial charge on any atom is 0.280 e. The molecule has 1 aliphatic heterocycles. The van der Waals surface area contributed by atoms with Crippen LogP contribution in [-0.2, 0) is 14.9 Å². The van der Waals surface area contributed by atoms with Gasteiger partial charge in [-0.15, -0.1) is 11.6 Å². The quantitative estimate of drug-likeness (QED) is 0.739. The summed E-state index contributed by atoms with van der Waals surface area (Å²) in [5.74, 6) is 0.281. The zero-order chi connectivity index (χ0) is 12.9. The van der Waals surface area contributed by atoms with Crippen LogP contribution in [0.25, 0.3) is 0 Å². The maximum atomic E-state index is 12.2. The number of nitrogens with one attached hydrogen (secondary N) is 1. The molecule has 0 aliphatic carbocycles. The number of nitrogens with zero attached hydrogens (tertiary/aromatic N) is 1. The van der Waals surface area contributed by atoms with Crippen LogP contribution in [-0.4, -0.2) is 50.4 Å². The molecule has 7 heteroatoms. The Bertz CT molecular complexity index is 316. The number of rotatable bonds is 6. The minimum Gasteiger partial charge on any atom is -0.379 e. The molecule has 1 aliphatic rings. The highest BCUT2D eigenvalue weighted by Crippen LogP contribution is 2.19. The molecule has 0 radical (unpaired) electrons. The number of alkyl halides is 1. The lowest BCUT2D eigenvalue weighted by Gasteiger charge is -2.34. The zero-order valence-electron chi connectivity index (χ0n) is 10.4. The molecule has 5 nitrogen and oxygen atoms in total. The van der Waals surface area contributed by atoms with Gasteiger partial charge in [-0.1, -0.05) is 13.8 Å². The Balaban J connectivity index is 2.76. The van der Waals surface area contributed by atoms with Crippen LogP contribution >= 0.6 is 11.6 Å². The third-order valence-corrected chi connectivity index (χ3v) is 5.51. The van der Waals surface area contributed by atoms with Gasteiger partial charge in [0.05, 0.1) is 13.2 Å². The maximum absolute atomic E-state index is 12.2. The Morgan fingerprint density at radius 1 is 1.29 bits per heavy atom. The van der Waals surface area contributed by atoms with E-state index in [1.54, 1.807) is 0 Å². The molecular weight excluding hydrogens is 264 g/mol. The van der Waals surface area contributed by atoms with Crippen molar-refractivity contribution >= 4 is 21.8 Å². The monoisotopic (exact) mass is 284 g/mol. The standard InChI is InChI=1S/C10H21ClN2O3S/c1-3-10(4-2,9-11)12-17(14,15)13-5-7-16-8-6-13/h12H,3-9H2,1-2H3. The second kappa shape index (κ2) is 6.33. The van der Waals surface area contributed by atoms with Gasteiger partial charge in [-0.2, -0.15) is 17.4 Å². The fraction of sp³-hybridized carbons (Fsp3) is 1.00. The van der Waals surface area contributed by atoms with Crippen LogP contribution in [0.5, 0.6) is 0 Å². The van der Waals surface area contributed by atoms with Gasteiger partial charge in [0.2, 0.25) is 0 Å². The lowest BCUT2D eigenvalue weighted by Crippen LogP contribution is -2.56. The van der Waals surface area contributed by atoms with Crippen LogP contribution in [0.15, 0.2) is 0 Å². The summed E-state index contributed by atoms with van der Waals surface area (Å²) in [5, 5.41) is 0. The van der Waals surface area contributed by atoms with Crippen molar-refractivity contribution in [3.63, 3.8) is 0 Å². The van der Waals surface area contributed by atoms with Gasteiger partial charge in [0.15, 0.2) is 0 Å². The molecule has 1 heterocycles. The van der Waals surface area contributed by atoms with Gasteiger partial charge in [-0.25, -0.2) is 0 Å². The third-order valence-electron chi connectivity index (χ3n) is 3.26. The molecule has 1 rings (SSSR count). The van der Waals surface area contributed by atoms with E-state index in [9.17, 15) is 8.42 Å². The number of ether oxygens (including phenoxy) is 1. The Hall–Kier alpha value is 0.120. The zero-order valence-corrected chi connectivity index (χ0v) is 12.0.